The molecule has 0 heterocycles. The first-order chi connectivity index (χ1) is 19.5. The van der Waals surface area contributed by atoms with E-state index in [0.717, 1.165) is 0 Å². The molecule has 0 fully saturated rings. The number of primary sulfonamides is 1. The molecule has 0 saturated carbocycles. The smallest absolute Gasteiger partial charge is 0.435 e. The molecule has 0 spiro atoms. The van der Waals surface area contributed by atoms with Crippen molar-refractivity contribution in [3.8, 4) is 16.9 Å². The summed E-state index contributed by atoms with van der Waals surface area (Å²) in [5.41, 5.74) is 8.12. The summed E-state index contributed by atoms with van der Waals surface area (Å²) in [7, 11) is -3.92. The number of hydrogen-bond donors (Lipinski definition) is 2. The molecule has 4 N–H and O–H groups in total. The molecule has 2 amide bonds. The molecule has 3 rings (SSSR count). The second-order valence-corrected chi connectivity index (χ2v) is 10.1. The van der Waals surface area contributed by atoms with Crippen LogP contribution in [0.4, 0.5) is 9.59 Å². The van der Waals surface area contributed by atoms with Crippen LogP contribution in [-0.2, 0) is 30.8 Å². The van der Waals surface area contributed by atoms with Crippen molar-refractivity contribution in [3.63, 3.8) is 0 Å². The van der Waals surface area contributed by atoms with E-state index in [4.69, 9.17) is 20.3 Å². The van der Waals surface area contributed by atoms with Crippen LogP contribution in [0.25, 0.3) is 11.1 Å². The van der Waals surface area contributed by atoms with Gasteiger partial charge in [-0.3, -0.25) is 4.79 Å². The Balaban J connectivity index is 1.64. The van der Waals surface area contributed by atoms with Crippen molar-refractivity contribution in [2.75, 3.05) is 19.8 Å². The molecule has 216 valence electrons. The van der Waals surface area contributed by atoms with Crippen molar-refractivity contribution in [1.29, 1.82) is 0 Å². The van der Waals surface area contributed by atoms with Gasteiger partial charge in [0.15, 0.2) is 0 Å². The van der Waals surface area contributed by atoms with Crippen LogP contribution < -0.4 is 15.6 Å². The topological polar surface area (TPSA) is 181 Å². The monoisotopic (exact) mass is 582 g/mol. The van der Waals surface area contributed by atoms with Gasteiger partial charge in [0, 0.05) is 31.1 Å². The largest absolute Gasteiger partial charge is 0.462 e. The van der Waals surface area contributed by atoms with Crippen LogP contribution in [0.2, 0.25) is 0 Å². The molecule has 0 aromatic heterocycles. The van der Waals surface area contributed by atoms with E-state index in [1.165, 1.54) is 17.9 Å². The third-order valence-electron chi connectivity index (χ3n) is 5.63. The SMILES string of the molecule is CCN(Cc1cccc(C(N)=NC(=O)OCCOC(C)=O)c1)C(=O)Oc1ccc(-c2ccccc2S(N)(=O)=O)cc1. The molecule has 41 heavy (non-hydrogen) atoms. The number of nitrogens with zero attached hydrogens (tertiary/aromatic N) is 2. The van der Waals surface area contributed by atoms with Crippen LogP contribution in [0.5, 0.6) is 5.75 Å². The number of aliphatic imine (C=N–C) groups is 1. The Kier molecular flexibility index (Phi) is 10.6. The number of ether oxygens (including phenoxy) is 3. The maximum Gasteiger partial charge on any atom is 0.435 e. The number of amides is 2. The lowest BCUT2D eigenvalue weighted by atomic mass is 10.1. The lowest BCUT2D eigenvalue weighted by Crippen LogP contribution is -2.33. The van der Waals surface area contributed by atoms with Gasteiger partial charge in [-0.25, -0.2) is 23.1 Å². The van der Waals surface area contributed by atoms with E-state index >= 15 is 0 Å². The number of hydrogen-bond acceptors (Lipinski definition) is 8. The minimum atomic E-state index is -3.92. The number of benzene rings is 3. The maximum absolute atomic E-state index is 12.9. The van der Waals surface area contributed by atoms with Crippen molar-refractivity contribution < 1.29 is 37.0 Å². The van der Waals surface area contributed by atoms with Gasteiger partial charge in [-0.15, -0.1) is 0 Å². The van der Waals surface area contributed by atoms with Gasteiger partial charge in [-0.2, -0.15) is 4.99 Å². The van der Waals surface area contributed by atoms with Crippen LogP contribution in [0, 0.1) is 0 Å². The van der Waals surface area contributed by atoms with Gasteiger partial charge in [0.25, 0.3) is 0 Å². The standard InChI is InChI=1S/C28H30N4O8S/c1-3-32(18-20-7-6-8-22(17-20)26(29)31-27(34)39-16-15-38-19(2)33)28(35)40-23-13-11-21(12-14-23)24-9-4-5-10-25(24)41(30,36)37/h4-14,17H,3,15-16,18H2,1-2H3,(H2,29,31,34)(H2,30,36,37). The second kappa shape index (κ2) is 14.1. The van der Waals surface area contributed by atoms with E-state index in [1.54, 1.807) is 73.7 Å². The predicted octanol–water partition coefficient (Wildman–Crippen LogP) is 3.43. The van der Waals surface area contributed by atoms with E-state index in [0.29, 0.717) is 28.8 Å². The average molecular weight is 583 g/mol. The first kappa shape index (κ1) is 30.8. The summed E-state index contributed by atoms with van der Waals surface area (Å²) in [6.07, 6.45) is -1.54. The Hall–Kier alpha value is -4.75. The van der Waals surface area contributed by atoms with Crippen molar-refractivity contribution in [2.24, 2.45) is 15.9 Å². The Bertz CT molecular complexity index is 1540. The minimum absolute atomic E-state index is 0.00836. The van der Waals surface area contributed by atoms with E-state index in [1.807, 2.05) is 0 Å². The van der Waals surface area contributed by atoms with Crippen molar-refractivity contribution in [2.45, 2.75) is 25.3 Å². The van der Waals surface area contributed by atoms with Gasteiger partial charge in [0.05, 0.1) is 4.90 Å². The molecule has 0 radical (unpaired) electrons. The molecule has 3 aromatic carbocycles. The average Bonchev–Trinajstić information content (AvgIpc) is 2.94. The number of amidine groups is 1. The molecular weight excluding hydrogens is 552 g/mol. The van der Waals surface area contributed by atoms with Gasteiger partial charge in [-0.1, -0.05) is 48.5 Å². The Morgan fingerprint density at radius 3 is 2.27 bits per heavy atom. The van der Waals surface area contributed by atoms with Gasteiger partial charge in [0.2, 0.25) is 10.0 Å². The molecule has 0 atom stereocenters. The summed E-state index contributed by atoms with van der Waals surface area (Å²) >= 11 is 0. The number of rotatable bonds is 10. The minimum Gasteiger partial charge on any atom is -0.462 e. The predicted molar refractivity (Wildman–Crippen MR) is 151 cm³/mol. The zero-order valence-electron chi connectivity index (χ0n) is 22.5. The van der Waals surface area contributed by atoms with Gasteiger partial charge in [0.1, 0.15) is 24.8 Å². The van der Waals surface area contributed by atoms with Crippen molar-refractivity contribution in [3.05, 3.63) is 83.9 Å². The van der Waals surface area contributed by atoms with Gasteiger partial charge in [-0.05, 0) is 42.3 Å². The highest BCUT2D eigenvalue weighted by Gasteiger charge is 2.17. The number of nitrogens with two attached hydrogens (primary N) is 2. The van der Waals surface area contributed by atoms with E-state index < -0.39 is 28.2 Å². The van der Waals surface area contributed by atoms with Crippen molar-refractivity contribution >= 4 is 34.0 Å². The van der Waals surface area contributed by atoms with E-state index in [-0.39, 0.29) is 36.2 Å². The van der Waals surface area contributed by atoms with Crippen LogP contribution in [0.1, 0.15) is 25.0 Å². The fraction of sp³-hybridized carbons (Fsp3) is 0.214. The summed E-state index contributed by atoms with van der Waals surface area (Å²) in [5.74, 6) is -0.311. The summed E-state index contributed by atoms with van der Waals surface area (Å²) < 4.78 is 38.9. The highest BCUT2D eigenvalue weighted by molar-refractivity contribution is 7.89. The third kappa shape index (κ3) is 9.15. The highest BCUT2D eigenvalue weighted by Crippen LogP contribution is 2.28. The highest BCUT2D eigenvalue weighted by atomic mass is 32.2. The summed E-state index contributed by atoms with van der Waals surface area (Å²) in [6, 6.07) is 19.5. The summed E-state index contributed by atoms with van der Waals surface area (Å²) in [6.45, 7) is 3.30. The molecule has 0 bridgehead atoms. The fourth-order valence-corrected chi connectivity index (χ4v) is 4.45. The van der Waals surface area contributed by atoms with Crippen LogP contribution in [-0.4, -0.2) is 57.1 Å². The molecule has 12 nitrogen and oxygen atoms in total. The van der Waals surface area contributed by atoms with E-state index in [2.05, 4.69) is 9.73 Å². The lowest BCUT2D eigenvalue weighted by molar-refractivity contribution is -0.141. The van der Waals surface area contributed by atoms with Crippen LogP contribution >= 0.6 is 0 Å². The molecule has 0 saturated heterocycles. The van der Waals surface area contributed by atoms with Crippen LogP contribution in [0.15, 0.2) is 82.7 Å². The Morgan fingerprint density at radius 2 is 1.61 bits per heavy atom. The second-order valence-electron chi connectivity index (χ2n) is 8.60. The first-order valence-electron chi connectivity index (χ1n) is 12.4. The summed E-state index contributed by atoms with van der Waals surface area (Å²) in [5, 5.41) is 5.33. The number of carbonyl (C=O) groups is 3. The van der Waals surface area contributed by atoms with Crippen molar-refractivity contribution in [1.82, 2.24) is 4.90 Å². The maximum atomic E-state index is 12.9. The lowest BCUT2D eigenvalue weighted by Gasteiger charge is -2.20. The Labute approximate surface area is 237 Å². The quantitative estimate of drug-likeness (QED) is 0.157. The molecule has 0 aliphatic carbocycles. The van der Waals surface area contributed by atoms with Crippen LogP contribution in [0.3, 0.4) is 0 Å². The molecular formula is C28H30N4O8S. The number of esters is 1. The molecule has 0 unspecified atom stereocenters. The molecule has 0 aliphatic rings. The number of carbonyl (C=O) groups excluding carboxylic acids is 3. The molecule has 3 aromatic rings. The van der Waals surface area contributed by atoms with Gasteiger partial charge < -0.3 is 24.8 Å². The Morgan fingerprint density at radius 1 is 0.927 bits per heavy atom. The third-order valence-corrected chi connectivity index (χ3v) is 6.60. The molecule has 13 heteroatoms. The normalized spacial score (nSPS) is 11.4. The first-order valence-corrected chi connectivity index (χ1v) is 13.9. The zero-order chi connectivity index (χ0) is 30.0. The molecule has 0 aliphatic heterocycles. The fourth-order valence-electron chi connectivity index (χ4n) is 3.69. The van der Waals surface area contributed by atoms with Gasteiger partial charge >= 0.3 is 18.2 Å². The number of sulfonamides is 1. The zero-order valence-corrected chi connectivity index (χ0v) is 23.3. The van der Waals surface area contributed by atoms with E-state index in [9.17, 15) is 22.8 Å². The summed E-state index contributed by atoms with van der Waals surface area (Å²) in [4.78, 5) is 40.7.